The Morgan fingerprint density at radius 2 is 2.00 bits per heavy atom. The van der Waals surface area contributed by atoms with E-state index in [1.54, 1.807) is 5.38 Å². The number of thiazole rings is 2. The summed E-state index contributed by atoms with van der Waals surface area (Å²) < 4.78 is 0. The standard InChI is InChI=1S/C16H23N5OS2/c1-3-17-15-19-13(10-24-15)14(22)20-16-18-12(9-23-16)8-21-6-4-11(2)5-7-21/h9-11H,3-8H2,1-2H3,(H,17,19)(H,18,20,22). The molecule has 1 aliphatic rings. The van der Waals surface area contributed by atoms with Crippen LogP contribution in [-0.4, -0.2) is 40.4 Å². The molecular formula is C16H23N5OS2. The van der Waals surface area contributed by atoms with E-state index in [1.165, 1.54) is 35.5 Å². The minimum Gasteiger partial charge on any atom is -0.362 e. The van der Waals surface area contributed by atoms with E-state index >= 15 is 0 Å². The second-order valence-electron chi connectivity index (χ2n) is 6.13. The zero-order valence-corrected chi connectivity index (χ0v) is 15.7. The van der Waals surface area contributed by atoms with Crippen LogP contribution < -0.4 is 10.6 Å². The van der Waals surface area contributed by atoms with Crippen molar-refractivity contribution in [2.75, 3.05) is 30.3 Å². The minimum absolute atomic E-state index is 0.205. The third kappa shape index (κ3) is 4.52. The summed E-state index contributed by atoms with van der Waals surface area (Å²) in [5, 5.41) is 11.1. The predicted octanol–water partition coefficient (Wildman–Crippen LogP) is 3.52. The van der Waals surface area contributed by atoms with Gasteiger partial charge in [-0.3, -0.25) is 15.0 Å². The van der Waals surface area contributed by atoms with Crippen molar-refractivity contribution in [3.63, 3.8) is 0 Å². The highest BCUT2D eigenvalue weighted by Crippen LogP contribution is 2.22. The quantitative estimate of drug-likeness (QED) is 0.820. The lowest BCUT2D eigenvalue weighted by molar-refractivity contribution is 0.102. The van der Waals surface area contributed by atoms with E-state index in [0.29, 0.717) is 10.8 Å². The van der Waals surface area contributed by atoms with Crippen molar-refractivity contribution in [1.82, 2.24) is 14.9 Å². The molecule has 0 aliphatic carbocycles. The topological polar surface area (TPSA) is 70.1 Å². The zero-order chi connectivity index (χ0) is 16.9. The van der Waals surface area contributed by atoms with Crippen LogP contribution in [0.3, 0.4) is 0 Å². The molecule has 1 saturated heterocycles. The van der Waals surface area contributed by atoms with Crippen LogP contribution in [0.1, 0.15) is 42.9 Å². The number of amides is 1. The number of hydrogen-bond donors (Lipinski definition) is 2. The van der Waals surface area contributed by atoms with Crippen molar-refractivity contribution in [1.29, 1.82) is 0 Å². The molecule has 3 heterocycles. The second kappa shape index (κ2) is 8.04. The van der Waals surface area contributed by atoms with Gasteiger partial charge in [0.05, 0.1) is 5.69 Å². The zero-order valence-electron chi connectivity index (χ0n) is 14.0. The molecule has 1 aliphatic heterocycles. The summed E-state index contributed by atoms with van der Waals surface area (Å²) in [7, 11) is 0. The molecule has 0 aromatic carbocycles. The summed E-state index contributed by atoms with van der Waals surface area (Å²) in [6.07, 6.45) is 2.51. The van der Waals surface area contributed by atoms with E-state index in [2.05, 4.69) is 32.4 Å². The number of aromatic nitrogens is 2. The van der Waals surface area contributed by atoms with Crippen molar-refractivity contribution in [3.05, 3.63) is 22.1 Å². The Labute approximate surface area is 150 Å². The molecule has 8 heteroatoms. The van der Waals surface area contributed by atoms with Gasteiger partial charge in [-0.25, -0.2) is 9.97 Å². The summed E-state index contributed by atoms with van der Waals surface area (Å²) in [6.45, 7) is 8.23. The maximum Gasteiger partial charge on any atom is 0.276 e. The number of anilines is 2. The van der Waals surface area contributed by atoms with Gasteiger partial charge in [0, 0.05) is 23.8 Å². The summed E-state index contributed by atoms with van der Waals surface area (Å²) in [5.41, 5.74) is 1.45. The van der Waals surface area contributed by atoms with Crippen molar-refractivity contribution in [2.24, 2.45) is 5.92 Å². The van der Waals surface area contributed by atoms with Crippen LogP contribution in [0.4, 0.5) is 10.3 Å². The maximum absolute atomic E-state index is 12.2. The normalized spacial score (nSPS) is 16.2. The smallest absolute Gasteiger partial charge is 0.276 e. The molecule has 2 aromatic rings. The fraction of sp³-hybridized carbons (Fsp3) is 0.562. The Bertz CT molecular complexity index is 676. The summed E-state index contributed by atoms with van der Waals surface area (Å²) in [4.78, 5) is 23.5. The Morgan fingerprint density at radius 1 is 1.25 bits per heavy atom. The van der Waals surface area contributed by atoms with Crippen LogP contribution in [0.15, 0.2) is 10.8 Å². The molecule has 2 N–H and O–H groups in total. The number of nitrogens with zero attached hydrogens (tertiary/aromatic N) is 3. The molecule has 1 amide bonds. The fourth-order valence-corrected chi connectivity index (χ4v) is 4.12. The van der Waals surface area contributed by atoms with Crippen molar-refractivity contribution in [2.45, 2.75) is 33.2 Å². The summed E-state index contributed by atoms with van der Waals surface area (Å²) in [5.74, 6) is 0.625. The summed E-state index contributed by atoms with van der Waals surface area (Å²) >= 11 is 2.90. The molecule has 0 bridgehead atoms. The Hall–Kier alpha value is -1.51. The Morgan fingerprint density at radius 3 is 2.75 bits per heavy atom. The van der Waals surface area contributed by atoms with Crippen LogP contribution in [0.5, 0.6) is 0 Å². The monoisotopic (exact) mass is 365 g/mol. The van der Waals surface area contributed by atoms with Gasteiger partial charge in [-0.1, -0.05) is 6.92 Å². The van der Waals surface area contributed by atoms with Gasteiger partial charge in [0.2, 0.25) is 0 Å². The highest BCUT2D eigenvalue weighted by Gasteiger charge is 2.17. The predicted molar refractivity (Wildman–Crippen MR) is 100 cm³/mol. The van der Waals surface area contributed by atoms with Crippen molar-refractivity contribution < 1.29 is 4.79 Å². The van der Waals surface area contributed by atoms with Crippen LogP contribution in [0.2, 0.25) is 0 Å². The van der Waals surface area contributed by atoms with Gasteiger partial charge < -0.3 is 5.32 Å². The van der Waals surface area contributed by atoms with Gasteiger partial charge in [0.15, 0.2) is 10.3 Å². The molecule has 24 heavy (non-hydrogen) atoms. The van der Waals surface area contributed by atoms with Crippen LogP contribution in [-0.2, 0) is 6.54 Å². The van der Waals surface area contributed by atoms with Crippen LogP contribution in [0.25, 0.3) is 0 Å². The molecular weight excluding hydrogens is 342 g/mol. The number of likely N-dealkylation sites (tertiary alicyclic amines) is 1. The van der Waals surface area contributed by atoms with Gasteiger partial charge in [-0.15, -0.1) is 22.7 Å². The van der Waals surface area contributed by atoms with E-state index in [4.69, 9.17) is 0 Å². The van der Waals surface area contributed by atoms with Crippen molar-refractivity contribution >= 4 is 38.8 Å². The number of nitrogens with one attached hydrogen (secondary N) is 2. The lowest BCUT2D eigenvalue weighted by Crippen LogP contribution is -2.32. The molecule has 2 aromatic heterocycles. The van der Waals surface area contributed by atoms with E-state index in [1.807, 2.05) is 12.3 Å². The average Bonchev–Trinajstić information content (AvgIpc) is 3.20. The lowest BCUT2D eigenvalue weighted by atomic mass is 9.99. The third-order valence-corrected chi connectivity index (χ3v) is 5.71. The third-order valence-electron chi connectivity index (χ3n) is 4.10. The van der Waals surface area contributed by atoms with Gasteiger partial charge >= 0.3 is 0 Å². The average molecular weight is 366 g/mol. The number of hydrogen-bond acceptors (Lipinski definition) is 7. The molecule has 0 saturated carbocycles. The molecule has 0 radical (unpaired) electrons. The first-order valence-electron chi connectivity index (χ1n) is 8.31. The second-order valence-corrected chi connectivity index (χ2v) is 7.84. The first-order valence-corrected chi connectivity index (χ1v) is 10.1. The van der Waals surface area contributed by atoms with Gasteiger partial charge in [-0.2, -0.15) is 0 Å². The lowest BCUT2D eigenvalue weighted by Gasteiger charge is -2.29. The highest BCUT2D eigenvalue weighted by atomic mass is 32.1. The van der Waals surface area contributed by atoms with Crippen molar-refractivity contribution in [3.8, 4) is 0 Å². The van der Waals surface area contributed by atoms with Crippen LogP contribution in [0, 0.1) is 5.92 Å². The number of piperidine rings is 1. The Balaban J connectivity index is 1.54. The first kappa shape index (κ1) is 17.3. The maximum atomic E-state index is 12.2. The van der Waals surface area contributed by atoms with Gasteiger partial charge in [-0.05, 0) is 38.8 Å². The first-order chi connectivity index (χ1) is 11.6. The van der Waals surface area contributed by atoms with Gasteiger partial charge in [0.1, 0.15) is 5.69 Å². The minimum atomic E-state index is -0.205. The number of carbonyl (C=O) groups excluding carboxylic acids is 1. The number of rotatable bonds is 6. The summed E-state index contributed by atoms with van der Waals surface area (Å²) in [6, 6.07) is 0. The van der Waals surface area contributed by atoms with Gasteiger partial charge in [0.25, 0.3) is 5.91 Å². The van der Waals surface area contributed by atoms with E-state index in [9.17, 15) is 4.79 Å². The molecule has 0 spiro atoms. The Kier molecular flexibility index (Phi) is 5.80. The number of carbonyl (C=O) groups is 1. The van der Waals surface area contributed by atoms with E-state index in [-0.39, 0.29) is 5.91 Å². The molecule has 1 fully saturated rings. The van der Waals surface area contributed by atoms with E-state index in [0.717, 1.165) is 42.9 Å². The largest absolute Gasteiger partial charge is 0.362 e. The van der Waals surface area contributed by atoms with E-state index < -0.39 is 0 Å². The molecule has 6 nitrogen and oxygen atoms in total. The fourth-order valence-electron chi connectivity index (χ4n) is 2.66. The molecule has 130 valence electrons. The highest BCUT2D eigenvalue weighted by molar-refractivity contribution is 7.14. The molecule has 0 unspecified atom stereocenters. The SMILES string of the molecule is CCNc1nc(C(=O)Nc2nc(CN3CCC(C)CC3)cs2)cs1. The molecule has 0 atom stereocenters. The molecule has 3 rings (SSSR count). The van der Waals surface area contributed by atoms with Crippen LogP contribution >= 0.6 is 22.7 Å².